The molecule has 3 aromatic carbocycles. The van der Waals surface area contributed by atoms with Gasteiger partial charge in [-0.15, -0.1) is 11.3 Å². The SMILES string of the molecule is c1ccc(CN2CCc3[nH]c4ccc5scc(-c6ccccc6)c5c4c3C2)cc1. The van der Waals surface area contributed by atoms with Crippen molar-refractivity contribution in [3.8, 4) is 11.1 Å². The number of hydrogen-bond acceptors (Lipinski definition) is 2. The average molecular weight is 395 g/mol. The predicted octanol–water partition coefficient (Wildman–Crippen LogP) is 6.61. The molecule has 0 spiro atoms. The van der Waals surface area contributed by atoms with Crippen molar-refractivity contribution < 1.29 is 0 Å². The summed E-state index contributed by atoms with van der Waals surface area (Å²) in [7, 11) is 0. The molecule has 3 heterocycles. The van der Waals surface area contributed by atoms with Gasteiger partial charge in [-0.3, -0.25) is 4.90 Å². The van der Waals surface area contributed by atoms with Crippen molar-refractivity contribution in [3.05, 3.63) is 95.0 Å². The van der Waals surface area contributed by atoms with Crippen molar-refractivity contribution in [2.45, 2.75) is 19.5 Å². The van der Waals surface area contributed by atoms with Crippen LogP contribution in [0.4, 0.5) is 0 Å². The zero-order valence-electron chi connectivity index (χ0n) is 16.2. The molecule has 1 aliphatic heterocycles. The Labute approximate surface area is 174 Å². The Morgan fingerprint density at radius 3 is 2.48 bits per heavy atom. The predicted molar refractivity (Wildman–Crippen MR) is 123 cm³/mol. The van der Waals surface area contributed by atoms with Crippen LogP contribution < -0.4 is 0 Å². The van der Waals surface area contributed by atoms with Gasteiger partial charge in [-0.25, -0.2) is 0 Å². The molecule has 0 saturated carbocycles. The molecule has 142 valence electrons. The smallest absolute Gasteiger partial charge is 0.0466 e. The molecule has 0 saturated heterocycles. The minimum Gasteiger partial charge on any atom is -0.358 e. The Hall–Kier alpha value is -2.88. The van der Waals surface area contributed by atoms with E-state index < -0.39 is 0 Å². The molecule has 0 aliphatic carbocycles. The van der Waals surface area contributed by atoms with Gasteiger partial charge in [0.1, 0.15) is 0 Å². The van der Waals surface area contributed by atoms with Crippen LogP contribution >= 0.6 is 11.3 Å². The number of aromatic amines is 1. The number of aromatic nitrogens is 1. The third-order valence-corrected chi connectivity index (χ3v) is 7.03. The summed E-state index contributed by atoms with van der Waals surface area (Å²) in [5.74, 6) is 0. The zero-order valence-corrected chi connectivity index (χ0v) is 17.0. The van der Waals surface area contributed by atoms with Gasteiger partial charge in [0, 0.05) is 58.3 Å². The fourth-order valence-corrected chi connectivity index (χ4v) is 5.68. The fraction of sp³-hybridized carbons (Fsp3) is 0.154. The van der Waals surface area contributed by atoms with Gasteiger partial charge < -0.3 is 4.98 Å². The van der Waals surface area contributed by atoms with E-state index in [0.717, 1.165) is 26.1 Å². The van der Waals surface area contributed by atoms with Crippen molar-refractivity contribution in [2.24, 2.45) is 0 Å². The first-order valence-electron chi connectivity index (χ1n) is 10.2. The number of H-pyrrole nitrogens is 1. The van der Waals surface area contributed by atoms with E-state index in [1.165, 1.54) is 48.9 Å². The quantitative estimate of drug-likeness (QED) is 0.365. The molecule has 6 rings (SSSR count). The zero-order chi connectivity index (χ0) is 19.2. The van der Waals surface area contributed by atoms with E-state index in [9.17, 15) is 0 Å². The number of nitrogens with one attached hydrogen (secondary N) is 1. The highest BCUT2D eigenvalue weighted by molar-refractivity contribution is 7.18. The van der Waals surface area contributed by atoms with Crippen molar-refractivity contribution >= 4 is 32.3 Å². The van der Waals surface area contributed by atoms with Gasteiger partial charge in [-0.2, -0.15) is 0 Å². The van der Waals surface area contributed by atoms with E-state index in [1.54, 1.807) is 0 Å². The van der Waals surface area contributed by atoms with Gasteiger partial charge in [0.25, 0.3) is 0 Å². The molecule has 29 heavy (non-hydrogen) atoms. The summed E-state index contributed by atoms with van der Waals surface area (Å²) in [5, 5.41) is 5.16. The summed E-state index contributed by atoms with van der Waals surface area (Å²) in [6.45, 7) is 3.12. The lowest BCUT2D eigenvalue weighted by Gasteiger charge is -2.27. The van der Waals surface area contributed by atoms with E-state index >= 15 is 0 Å². The standard InChI is InChI=1S/C26H22N2S/c1-3-7-18(8-4-1)15-28-14-13-22-20(16-28)25-23(27-22)11-12-24-26(25)21(17-29-24)19-9-5-2-6-10-19/h1-12,17,27H,13-16H2. The normalized spacial score (nSPS) is 14.5. The van der Waals surface area contributed by atoms with Crippen molar-refractivity contribution in [1.82, 2.24) is 9.88 Å². The third kappa shape index (κ3) is 2.89. The number of nitrogens with zero attached hydrogens (tertiary/aromatic N) is 1. The van der Waals surface area contributed by atoms with Crippen LogP contribution in [0.25, 0.3) is 32.1 Å². The monoisotopic (exact) mass is 394 g/mol. The highest BCUT2D eigenvalue weighted by Crippen LogP contribution is 2.41. The molecule has 0 fully saturated rings. The number of thiophene rings is 1. The van der Waals surface area contributed by atoms with E-state index in [1.807, 2.05) is 11.3 Å². The molecule has 1 N–H and O–H groups in total. The van der Waals surface area contributed by atoms with Crippen LogP contribution in [0.5, 0.6) is 0 Å². The van der Waals surface area contributed by atoms with Crippen LogP contribution in [-0.2, 0) is 19.5 Å². The Bertz CT molecular complexity index is 1300. The number of rotatable bonds is 3. The second-order valence-corrected chi connectivity index (χ2v) is 8.82. The molecule has 5 aromatic rings. The van der Waals surface area contributed by atoms with Crippen molar-refractivity contribution in [3.63, 3.8) is 0 Å². The first kappa shape index (κ1) is 17.0. The van der Waals surface area contributed by atoms with Crippen LogP contribution in [0.15, 0.2) is 78.2 Å². The summed E-state index contributed by atoms with van der Waals surface area (Å²) in [4.78, 5) is 6.32. The average Bonchev–Trinajstić information content (AvgIpc) is 3.36. The summed E-state index contributed by atoms with van der Waals surface area (Å²) < 4.78 is 1.37. The van der Waals surface area contributed by atoms with Gasteiger partial charge >= 0.3 is 0 Å². The minimum atomic E-state index is 1.01. The Morgan fingerprint density at radius 2 is 1.66 bits per heavy atom. The molecule has 0 radical (unpaired) electrons. The van der Waals surface area contributed by atoms with Gasteiger partial charge in [0.05, 0.1) is 0 Å². The largest absolute Gasteiger partial charge is 0.358 e. The lowest BCUT2D eigenvalue weighted by Crippen LogP contribution is -2.29. The lowest BCUT2D eigenvalue weighted by molar-refractivity contribution is 0.246. The van der Waals surface area contributed by atoms with Crippen LogP contribution in [-0.4, -0.2) is 16.4 Å². The fourth-order valence-electron chi connectivity index (χ4n) is 4.70. The molecule has 0 atom stereocenters. The summed E-state index contributed by atoms with van der Waals surface area (Å²) in [6.07, 6.45) is 1.09. The van der Waals surface area contributed by atoms with Crippen LogP contribution in [0.1, 0.15) is 16.8 Å². The lowest BCUT2D eigenvalue weighted by atomic mass is 9.97. The van der Waals surface area contributed by atoms with E-state index in [-0.39, 0.29) is 0 Å². The summed E-state index contributed by atoms with van der Waals surface area (Å²) in [6, 6.07) is 26.2. The number of fused-ring (bicyclic) bond motifs is 5. The second kappa shape index (κ2) is 6.87. The Balaban J connectivity index is 1.49. The first-order chi connectivity index (χ1) is 14.4. The van der Waals surface area contributed by atoms with Gasteiger partial charge in [-0.1, -0.05) is 60.7 Å². The summed E-state index contributed by atoms with van der Waals surface area (Å²) >= 11 is 1.85. The Kier molecular flexibility index (Phi) is 4.03. The molecule has 1 aliphatic rings. The first-order valence-corrected chi connectivity index (χ1v) is 11.1. The maximum absolute atomic E-state index is 3.74. The number of benzene rings is 3. The topological polar surface area (TPSA) is 19.0 Å². The minimum absolute atomic E-state index is 1.01. The third-order valence-electron chi connectivity index (χ3n) is 6.09. The van der Waals surface area contributed by atoms with E-state index in [2.05, 4.69) is 88.1 Å². The molecular weight excluding hydrogens is 372 g/mol. The second-order valence-electron chi connectivity index (χ2n) is 7.91. The molecule has 0 bridgehead atoms. The van der Waals surface area contributed by atoms with E-state index in [4.69, 9.17) is 0 Å². The van der Waals surface area contributed by atoms with Crippen LogP contribution in [0, 0.1) is 0 Å². The maximum atomic E-state index is 3.74. The highest BCUT2D eigenvalue weighted by Gasteiger charge is 2.23. The van der Waals surface area contributed by atoms with Crippen molar-refractivity contribution in [1.29, 1.82) is 0 Å². The van der Waals surface area contributed by atoms with Crippen molar-refractivity contribution in [2.75, 3.05) is 6.54 Å². The van der Waals surface area contributed by atoms with Crippen LogP contribution in [0.2, 0.25) is 0 Å². The van der Waals surface area contributed by atoms with Gasteiger partial charge in [0.15, 0.2) is 0 Å². The number of hydrogen-bond donors (Lipinski definition) is 1. The van der Waals surface area contributed by atoms with Crippen LogP contribution in [0.3, 0.4) is 0 Å². The molecular formula is C26H22N2S. The summed E-state index contributed by atoms with van der Waals surface area (Å²) in [5.41, 5.74) is 8.24. The van der Waals surface area contributed by atoms with Gasteiger partial charge in [0.2, 0.25) is 0 Å². The molecule has 3 heteroatoms. The molecule has 2 aromatic heterocycles. The molecule has 0 unspecified atom stereocenters. The maximum Gasteiger partial charge on any atom is 0.0466 e. The molecule has 2 nitrogen and oxygen atoms in total. The van der Waals surface area contributed by atoms with Gasteiger partial charge in [-0.05, 0) is 34.2 Å². The Morgan fingerprint density at radius 1 is 0.862 bits per heavy atom. The molecule has 0 amide bonds. The highest BCUT2D eigenvalue weighted by atomic mass is 32.1. The van der Waals surface area contributed by atoms with E-state index in [0.29, 0.717) is 0 Å².